The highest BCUT2D eigenvalue weighted by molar-refractivity contribution is 5.01. The van der Waals surface area contributed by atoms with Crippen molar-refractivity contribution in [3.8, 4) is 0 Å². The number of hydrogen-bond acceptors (Lipinski definition) is 3. The van der Waals surface area contributed by atoms with Gasteiger partial charge in [-0.3, -0.25) is 0 Å². The fraction of sp³-hybridized carbons (Fsp3) is 0.846. The van der Waals surface area contributed by atoms with Gasteiger partial charge in [0.15, 0.2) is 5.66 Å². The highest BCUT2D eigenvalue weighted by atomic mass is 15.3. The minimum atomic E-state index is -0.831. The van der Waals surface area contributed by atoms with Crippen LogP contribution in [0.2, 0.25) is 0 Å². The van der Waals surface area contributed by atoms with E-state index in [-0.39, 0.29) is 5.54 Å². The fourth-order valence-electron chi connectivity index (χ4n) is 1.71. The SMILES string of the molecule is C=C(C)CC(CC(C)C)(N=NC(C)(C)C)N=[N+]=[N-]. The van der Waals surface area contributed by atoms with E-state index in [1.165, 1.54) is 0 Å². The Kier molecular flexibility index (Phi) is 6.06. The Morgan fingerprint density at radius 1 is 1.28 bits per heavy atom. The number of rotatable bonds is 6. The van der Waals surface area contributed by atoms with E-state index in [1.807, 2.05) is 27.7 Å². The van der Waals surface area contributed by atoms with Gasteiger partial charge >= 0.3 is 0 Å². The average Bonchev–Trinajstić information content (AvgIpc) is 2.12. The molecule has 0 fully saturated rings. The molecule has 0 aromatic rings. The molecule has 0 radical (unpaired) electrons. The van der Waals surface area contributed by atoms with Gasteiger partial charge in [-0.2, -0.15) is 10.2 Å². The van der Waals surface area contributed by atoms with Crippen molar-refractivity contribution in [1.29, 1.82) is 0 Å². The maximum Gasteiger partial charge on any atom is 0.164 e. The van der Waals surface area contributed by atoms with Gasteiger partial charge in [-0.05, 0) is 45.6 Å². The van der Waals surface area contributed by atoms with Crippen LogP contribution >= 0.6 is 0 Å². The summed E-state index contributed by atoms with van der Waals surface area (Å²) < 4.78 is 0. The molecule has 0 saturated heterocycles. The monoisotopic (exact) mass is 251 g/mol. The molecule has 0 saturated carbocycles. The quantitative estimate of drug-likeness (QED) is 0.267. The molecule has 102 valence electrons. The summed E-state index contributed by atoms with van der Waals surface area (Å²) in [6, 6.07) is 0. The van der Waals surface area contributed by atoms with Crippen molar-refractivity contribution in [3.05, 3.63) is 22.6 Å². The van der Waals surface area contributed by atoms with E-state index in [1.54, 1.807) is 0 Å². The van der Waals surface area contributed by atoms with E-state index in [0.717, 1.165) is 5.57 Å². The maximum absolute atomic E-state index is 8.78. The third kappa shape index (κ3) is 7.07. The first-order chi connectivity index (χ1) is 8.10. The second-order valence-corrected chi connectivity index (χ2v) is 6.27. The van der Waals surface area contributed by atoms with Gasteiger partial charge in [0.2, 0.25) is 0 Å². The number of hydrogen-bond donors (Lipinski definition) is 0. The summed E-state index contributed by atoms with van der Waals surface area (Å²) in [7, 11) is 0. The summed E-state index contributed by atoms with van der Waals surface area (Å²) in [4.78, 5) is 2.95. The fourth-order valence-corrected chi connectivity index (χ4v) is 1.71. The molecule has 0 bridgehead atoms. The number of azide groups is 1. The van der Waals surface area contributed by atoms with Gasteiger partial charge in [-0.1, -0.05) is 24.5 Å². The Morgan fingerprint density at radius 3 is 2.17 bits per heavy atom. The molecule has 0 rings (SSSR count). The molecule has 0 aliphatic rings. The zero-order valence-electron chi connectivity index (χ0n) is 12.4. The topological polar surface area (TPSA) is 73.5 Å². The highest BCUT2D eigenvalue weighted by Crippen LogP contribution is 2.31. The predicted octanol–water partition coefficient (Wildman–Crippen LogP) is 5.26. The van der Waals surface area contributed by atoms with Gasteiger partial charge in [0.05, 0.1) is 5.54 Å². The van der Waals surface area contributed by atoms with Gasteiger partial charge < -0.3 is 0 Å². The van der Waals surface area contributed by atoms with Crippen LogP contribution in [0.15, 0.2) is 27.5 Å². The van der Waals surface area contributed by atoms with Crippen LogP contribution in [-0.2, 0) is 0 Å². The number of azo groups is 1. The lowest BCUT2D eigenvalue weighted by molar-refractivity contribution is 0.320. The van der Waals surface area contributed by atoms with E-state index in [4.69, 9.17) is 5.53 Å². The van der Waals surface area contributed by atoms with Gasteiger partial charge in [-0.15, -0.1) is 6.58 Å². The smallest absolute Gasteiger partial charge is 0.164 e. The minimum absolute atomic E-state index is 0.276. The Bertz CT molecular complexity index is 358. The maximum atomic E-state index is 8.78. The first kappa shape index (κ1) is 16.6. The first-order valence-corrected chi connectivity index (χ1v) is 6.25. The van der Waals surface area contributed by atoms with Crippen LogP contribution in [0.1, 0.15) is 54.4 Å². The molecule has 0 aromatic heterocycles. The van der Waals surface area contributed by atoms with Crippen LogP contribution in [0.4, 0.5) is 0 Å². The first-order valence-electron chi connectivity index (χ1n) is 6.25. The molecule has 5 heteroatoms. The van der Waals surface area contributed by atoms with Crippen molar-refractivity contribution < 1.29 is 0 Å². The second-order valence-electron chi connectivity index (χ2n) is 6.27. The predicted molar refractivity (Wildman–Crippen MR) is 75.4 cm³/mol. The average molecular weight is 251 g/mol. The van der Waals surface area contributed by atoms with Gasteiger partial charge in [0, 0.05) is 11.3 Å². The molecule has 5 nitrogen and oxygen atoms in total. The van der Waals surface area contributed by atoms with Crippen molar-refractivity contribution in [3.63, 3.8) is 0 Å². The molecule has 0 N–H and O–H groups in total. The highest BCUT2D eigenvalue weighted by Gasteiger charge is 2.30. The molecule has 0 aliphatic carbocycles. The summed E-state index contributed by atoms with van der Waals surface area (Å²) in [5.74, 6) is 0.369. The molecule has 0 heterocycles. The Hall–Kier alpha value is -1.35. The summed E-state index contributed by atoms with van der Waals surface area (Å²) >= 11 is 0. The molecule has 18 heavy (non-hydrogen) atoms. The lowest BCUT2D eigenvalue weighted by atomic mass is 9.93. The van der Waals surface area contributed by atoms with Gasteiger partial charge in [0.25, 0.3) is 0 Å². The van der Waals surface area contributed by atoms with Crippen molar-refractivity contribution >= 4 is 0 Å². The molecule has 0 amide bonds. The van der Waals surface area contributed by atoms with Crippen molar-refractivity contribution in [2.75, 3.05) is 0 Å². The van der Waals surface area contributed by atoms with Crippen molar-refractivity contribution in [2.24, 2.45) is 21.3 Å². The Morgan fingerprint density at radius 2 is 1.83 bits per heavy atom. The lowest BCUT2D eigenvalue weighted by Gasteiger charge is -2.26. The normalized spacial score (nSPS) is 15.5. The van der Waals surface area contributed by atoms with Gasteiger partial charge in [-0.25, -0.2) is 0 Å². The van der Waals surface area contributed by atoms with Crippen LogP contribution in [-0.4, -0.2) is 11.2 Å². The number of nitrogens with zero attached hydrogens (tertiary/aromatic N) is 5. The second kappa shape index (κ2) is 6.55. The van der Waals surface area contributed by atoms with Crippen LogP contribution < -0.4 is 0 Å². The van der Waals surface area contributed by atoms with Gasteiger partial charge in [0.1, 0.15) is 0 Å². The summed E-state index contributed by atoms with van der Waals surface area (Å²) in [5.41, 5.74) is 8.62. The minimum Gasteiger partial charge on any atom is -0.188 e. The molecule has 0 spiro atoms. The molecule has 0 aliphatic heterocycles. The summed E-state index contributed by atoms with van der Waals surface area (Å²) in [5, 5.41) is 12.5. The lowest BCUT2D eigenvalue weighted by Crippen LogP contribution is -2.26. The molecule has 1 atom stereocenters. The Labute approximate surface area is 110 Å². The van der Waals surface area contributed by atoms with E-state index >= 15 is 0 Å². The standard InChI is InChI=1S/C13H25N5/c1-10(2)8-13(17-18-14,9-11(3)4)16-15-12(5,6)7/h11H,1,8-9H2,2-7H3. The van der Waals surface area contributed by atoms with Crippen LogP contribution in [0.25, 0.3) is 10.4 Å². The largest absolute Gasteiger partial charge is 0.188 e. The van der Waals surface area contributed by atoms with E-state index in [2.05, 4.69) is 40.7 Å². The molecular weight excluding hydrogens is 226 g/mol. The van der Waals surface area contributed by atoms with E-state index in [9.17, 15) is 0 Å². The molecular formula is C13H25N5. The zero-order chi connectivity index (χ0) is 14.4. The van der Waals surface area contributed by atoms with Crippen molar-refractivity contribution in [2.45, 2.75) is 65.6 Å². The third-order valence-corrected chi connectivity index (χ3v) is 2.09. The Balaban J connectivity index is 5.38. The van der Waals surface area contributed by atoms with E-state index < -0.39 is 5.66 Å². The molecule has 1 unspecified atom stereocenters. The zero-order valence-corrected chi connectivity index (χ0v) is 12.4. The summed E-state index contributed by atoms with van der Waals surface area (Å²) in [6.07, 6.45) is 1.21. The van der Waals surface area contributed by atoms with E-state index in [0.29, 0.717) is 18.8 Å². The summed E-state index contributed by atoms with van der Waals surface area (Å²) in [6.45, 7) is 15.8. The van der Waals surface area contributed by atoms with Crippen LogP contribution in [0.5, 0.6) is 0 Å². The molecule has 0 aromatic carbocycles. The third-order valence-electron chi connectivity index (χ3n) is 2.09. The van der Waals surface area contributed by atoms with Crippen molar-refractivity contribution in [1.82, 2.24) is 0 Å². The van der Waals surface area contributed by atoms with Crippen LogP contribution in [0.3, 0.4) is 0 Å². The van der Waals surface area contributed by atoms with Crippen LogP contribution in [0, 0.1) is 5.92 Å².